The first-order valence-electron chi connectivity index (χ1n) is 18.6. The molecule has 0 aliphatic heterocycles. The summed E-state index contributed by atoms with van der Waals surface area (Å²) in [4.78, 5) is 20.1. The molecule has 0 amide bonds. The lowest BCUT2D eigenvalue weighted by Gasteiger charge is -2.15. The summed E-state index contributed by atoms with van der Waals surface area (Å²) in [5.74, 6) is 1.91. The van der Waals surface area contributed by atoms with E-state index < -0.39 is 0 Å². The van der Waals surface area contributed by atoms with E-state index in [1.165, 1.54) is 49.2 Å². The summed E-state index contributed by atoms with van der Waals surface area (Å²) in [6, 6.07) is 60.1. The largest absolute Gasteiger partial charge is 0.307 e. The van der Waals surface area contributed by atoms with Crippen molar-refractivity contribution in [1.29, 1.82) is 0 Å². The van der Waals surface area contributed by atoms with Crippen LogP contribution in [0.3, 0.4) is 0 Å². The van der Waals surface area contributed by atoms with Gasteiger partial charge in [-0.3, -0.25) is 4.98 Å². The third-order valence-corrected chi connectivity index (χ3v) is 11.2. The number of aromatic nitrogens is 5. The Balaban J connectivity index is 1.09. The first-order valence-corrected chi connectivity index (χ1v) is 18.6. The molecule has 1 aliphatic carbocycles. The van der Waals surface area contributed by atoms with Crippen LogP contribution in [0.25, 0.3) is 116 Å². The Bertz CT molecular complexity index is 3360. The zero-order valence-electron chi connectivity index (χ0n) is 29.5. The predicted molar refractivity (Wildman–Crippen MR) is 225 cm³/mol. The van der Waals surface area contributed by atoms with Gasteiger partial charge in [0.2, 0.25) is 0 Å². The Labute approximate surface area is 315 Å². The maximum absolute atomic E-state index is 5.08. The minimum atomic E-state index is 0.627. The smallest absolute Gasteiger partial charge is 0.164 e. The lowest BCUT2D eigenvalue weighted by atomic mass is 9.93. The maximum atomic E-state index is 5.08. The van der Waals surface area contributed by atoms with Gasteiger partial charge in [-0.25, -0.2) is 15.0 Å². The molecule has 0 radical (unpaired) electrons. The first kappa shape index (κ1) is 30.0. The zero-order valence-corrected chi connectivity index (χ0v) is 29.5. The van der Waals surface area contributed by atoms with Crippen LogP contribution < -0.4 is 0 Å². The van der Waals surface area contributed by atoms with Crippen LogP contribution in [-0.2, 0) is 0 Å². The van der Waals surface area contributed by atoms with E-state index in [9.17, 15) is 0 Å². The van der Waals surface area contributed by atoms with E-state index in [2.05, 4.69) is 138 Å². The van der Waals surface area contributed by atoms with E-state index in [0.717, 1.165) is 49.7 Å². The summed E-state index contributed by atoms with van der Waals surface area (Å²) in [6.07, 6.45) is 1.90. The molecule has 11 aromatic rings. The molecular formula is C50H29N5. The highest BCUT2D eigenvalue weighted by molar-refractivity contribution is 6.33. The van der Waals surface area contributed by atoms with E-state index in [4.69, 9.17) is 19.9 Å². The average Bonchev–Trinajstić information content (AvgIpc) is 3.56. The van der Waals surface area contributed by atoms with Crippen molar-refractivity contribution in [2.45, 2.75) is 0 Å². The normalized spacial score (nSPS) is 12.0. The SMILES string of the molecule is c1ccc(-c2nc(-c3ccc(-n4c5ccc6cccc7c6c5c5c(cc6cccnc6c54)-c4ccccc4-7)cc3)nc(-c3ccc4ccccc4c3)n2)cc1. The lowest BCUT2D eigenvalue weighted by Crippen LogP contribution is -2.01. The van der Waals surface area contributed by atoms with Crippen LogP contribution in [0.2, 0.25) is 0 Å². The Kier molecular flexibility index (Phi) is 6.27. The van der Waals surface area contributed by atoms with Crippen LogP contribution in [0.15, 0.2) is 176 Å². The number of pyridine rings is 1. The molecule has 1 aliphatic rings. The minimum Gasteiger partial charge on any atom is -0.307 e. The summed E-state index contributed by atoms with van der Waals surface area (Å²) >= 11 is 0. The van der Waals surface area contributed by atoms with Crippen molar-refractivity contribution in [3.05, 3.63) is 176 Å². The van der Waals surface area contributed by atoms with Gasteiger partial charge in [-0.15, -0.1) is 0 Å². The average molecular weight is 700 g/mol. The fourth-order valence-corrected chi connectivity index (χ4v) is 8.70. The summed E-state index contributed by atoms with van der Waals surface area (Å²) < 4.78 is 2.40. The molecule has 0 saturated heterocycles. The molecule has 0 bridgehead atoms. The standard InChI is InChI=1S/C50H29N5/c1-2-11-32(12-3-1)48-52-49(54-50(53-48)36-20-19-30-10-4-5-13-34(30)28-36)33-21-24-37(25-22-33)55-42-26-23-31-14-8-18-40-38-16-6-7-17-39(38)41-29-35-15-9-27-51-46(35)47(55)44(41)45(42)43(31)40/h1-29H. The van der Waals surface area contributed by atoms with Gasteiger partial charge in [0.25, 0.3) is 0 Å². The van der Waals surface area contributed by atoms with Crippen LogP contribution in [-0.4, -0.2) is 24.5 Å². The molecule has 0 spiro atoms. The zero-order chi connectivity index (χ0) is 36.0. The molecule has 3 aromatic heterocycles. The fraction of sp³-hybridized carbons (Fsp3) is 0. The Morgan fingerprint density at radius 1 is 0.364 bits per heavy atom. The Morgan fingerprint density at radius 2 is 0.982 bits per heavy atom. The molecule has 0 unspecified atom stereocenters. The van der Waals surface area contributed by atoms with Crippen molar-refractivity contribution in [2.75, 3.05) is 0 Å². The van der Waals surface area contributed by atoms with Crippen molar-refractivity contribution in [2.24, 2.45) is 0 Å². The molecule has 0 fully saturated rings. The summed E-state index contributed by atoms with van der Waals surface area (Å²) in [7, 11) is 0. The monoisotopic (exact) mass is 699 g/mol. The Hall–Kier alpha value is -7.50. The molecule has 3 heterocycles. The number of rotatable bonds is 4. The second-order valence-electron chi connectivity index (χ2n) is 14.2. The molecule has 0 atom stereocenters. The number of hydrogen-bond donors (Lipinski definition) is 0. The van der Waals surface area contributed by atoms with Crippen LogP contribution in [0.4, 0.5) is 0 Å². The summed E-state index contributed by atoms with van der Waals surface area (Å²) in [6.45, 7) is 0. The van der Waals surface area contributed by atoms with Gasteiger partial charge in [-0.05, 0) is 92.3 Å². The molecule has 0 N–H and O–H groups in total. The van der Waals surface area contributed by atoms with Gasteiger partial charge in [0.1, 0.15) is 0 Å². The van der Waals surface area contributed by atoms with Crippen LogP contribution in [0.1, 0.15) is 0 Å². The summed E-state index contributed by atoms with van der Waals surface area (Å²) in [5.41, 5.74) is 12.1. The van der Waals surface area contributed by atoms with Gasteiger partial charge in [0.15, 0.2) is 17.5 Å². The first-order chi connectivity index (χ1) is 27.3. The fourth-order valence-electron chi connectivity index (χ4n) is 8.70. The molecule has 8 aromatic carbocycles. The molecule has 0 saturated carbocycles. The van der Waals surface area contributed by atoms with E-state index in [0.29, 0.717) is 17.5 Å². The van der Waals surface area contributed by atoms with Crippen LogP contribution >= 0.6 is 0 Å². The van der Waals surface area contributed by atoms with Crippen LogP contribution in [0, 0.1) is 0 Å². The lowest BCUT2D eigenvalue weighted by molar-refractivity contribution is 1.07. The third kappa shape index (κ3) is 4.47. The van der Waals surface area contributed by atoms with Crippen molar-refractivity contribution >= 4 is 54.3 Å². The van der Waals surface area contributed by atoms with Crippen molar-refractivity contribution in [3.63, 3.8) is 0 Å². The minimum absolute atomic E-state index is 0.627. The quantitative estimate of drug-likeness (QED) is 0.183. The van der Waals surface area contributed by atoms with Gasteiger partial charge < -0.3 is 4.57 Å². The van der Waals surface area contributed by atoms with Gasteiger partial charge >= 0.3 is 0 Å². The predicted octanol–water partition coefficient (Wildman–Crippen LogP) is 12.5. The summed E-state index contributed by atoms with van der Waals surface area (Å²) in [5, 5.41) is 8.44. The second kappa shape index (κ2) is 11.5. The van der Waals surface area contributed by atoms with Gasteiger partial charge in [-0.2, -0.15) is 0 Å². The van der Waals surface area contributed by atoms with Crippen molar-refractivity contribution < 1.29 is 0 Å². The molecule has 5 heteroatoms. The third-order valence-electron chi connectivity index (χ3n) is 11.2. The molecular weight excluding hydrogens is 671 g/mol. The van der Waals surface area contributed by atoms with Gasteiger partial charge in [0, 0.05) is 44.7 Å². The van der Waals surface area contributed by atoms with E-state index in [-0.39, 0.29) is 0 Å². The molecule has 12 rings (SSSR count). The molecule has 254 valence electrons. The number of fused-ring (bicyclic) bond motifs is 6. The van der Waals surface area contributed by atoms with E-state index in [1.807, 2.05) is 42.6 Å². The maximum Gasteiger partial charge on any atom is 0.164 e. The van der Waals surface area contributed by atoms with E-state index >= 15 is 0 Å². The topological polar surface area (TPSA) is 56.5 Å². The van der Waals surface area contributed by atoms with Crippen LogP contribution in [0.5, 0.6) is 0 Å². The highest BCUT2D eigenvalue weighted by atomic mass is 15.0. The van der Waals surface area contributed by atoms with Gasteiger partial charge in [-0.1, -0.05) is 121 Å². The highest BCUT2D eigenvalue weighted by Gasteiger charge is 2.26. The Morgan fingerprint density at radius 3 is 1.80 bits per heavy atom. The second-order valence-corrected chi connectivity index (χ2v) is 14.2. The van der Waals surface area contributed by atoms with Crippen molar-refractivity contribution in [1.82, 2.24) is 24.5 Å². The van der Waals surface area contributed by atoms with Crippen molar-refractivity contribution in [3.8, 4) is 62.1 Å². The number of nitrogens with zero attached hydrogens (tertiary/aromatic N) is 5. The highest BCUT2D eigenvalue weighted by Crippen LogP contribution is 2.51. The number of benzene rings is 8. The van der Waals surface area contributed by atoms with E-state index in [1.54, 1.807) is 0 Å². The molecule has 55 heavy (non-hydrogen) atoms. The number of hydrogen-bond acceptors (Lipinski definition) is 4. The van der Waals surface area contributed by atoms with Gasteiger partial charge in [0.05, 0.1) is 16.6 Å². The molecule has 5 nitrogen and oxygen atoms in total.